The van der Waals surface area contributed by atoms with Crippen LogP contribution in [0.3, 0.4) is 0 Å². The van der Waals surface area contributed by atoms with Gasteiger partial charge >= 0.3 is 0 Å². The van der Waals surface area contributed by atoms with Gasteiger partial charge in [-0.05, 0) is 24.3 Å². The molecule has 0 saturated heterocycles. The number of para-hydroxylation sites is 1. The van der Waals surface area contributed by atoms with Crippen molar-refractivity contribution in [2.75, 3.05) is 19.0 Å². The average Bonchev–Trinajstić information content (AvgIpc) is 2.46. The molecule has 0 bridgehead atoms. The second-order valence-electron chi connectivity index (χ2n) is 3.85. The van der Waals surface area contributed by atoms with Crippen molar-refractivity contribution >= 4 is 17.4 Å². The summed E-state index contributed by atoms with van der Waals surface area (Å²) in [5.74, 6) is 0.556. The van der Waals surface area contributed by atoms with E-state index in [4.69, 9.17) is 0 Å². The lowest BCUT2D eigenvalue weighted by atomic mass is 10.3. The molecular formula is C14H15N3O. The summed E-state index contributed by atoms with van der Waals surface area (Å²) < 4.78 is 0. The first kappa shape index (κ1) is 12.1. The monoisotopic (exact) mass is 241 g/mol. The number of nitrogens with one attached hydrogen (secondary N) is 1. The molecule has 1 N–H and O–H groups in total. The second-order valence-corrected chi connectivity index (χ2v) is 3.85. The molecule has 18 heavy (non-hydrogen) atoms. The number of anilines is 2. The fraction of sp³-hybridized carbons (Fsp3) is 0.143. The highest BCUT2D eigenvalue weighted by Gasteiger charge is 2.09. The van der Waals surface area contributed by atoms with E-state index < -0.39 is 0 Å². The maximum Gasteiger partial charge on any atom is 0.269 e. The molecule has 2 rings (SSSR count). The molecule has 1 amide bonds. The number of amides is 1. The van der Waals surface area contributed by atoms with Gasteiger partial charge in [-0.2, -0.15) is 0 Å². The summed E-state index contributed by atoms with van der Waals surface area (Å²) in [5.41, 5.74) is 1.44. The Hall–Kier alpha value is -2.36. The van der Waals surface area contributed by atoms with Crippen molar-refractivity contribution in [3.05, 3.63) is 54.2 Å². The fourth-order valence-electron chi connectivity index (χ4n) is 1.65. The molecule has 1 aromatic heterocycles. The van der Waals surface area contributed by atoms with E-state index in [1.165, 1.54) is 0 Å². The summed E-state index contributed by atoms with van der Waals surface area (Å²) in [5, 5.41) is 2.57. The third kappa shape index (κ3) is 2.48. The molecule has 0 saturated carbocycles. The van der Waals surface area contributed by atoms with Crippen LogP contribution < -0.4 is 10.2 Å². The van der Waals surface area contributed by atoms with Crippen LogP contribution in [0.25, 0.3) is 0 Å². The third-order valence-corrected chi connectivity index (χ3v) is 2.68. The average molecular weight is 241 g/mol. The van der Waals surface area contributed by atoms with Crippen molar-refractivity contribution in [3.63, 3.8) is 0 Å². The van der Waals surface area contributed by atoms with Crippen molar-refractivity contribution in [3.8, 4) is 0 Å². The second kappa shape index (κ2) is 5.31. The van der Waals surface area contributed by atoms with Gasteiger partial charge in [0.2, 0.25) is 0 Å². The van der Waals surface area contributed by atoms with E-state index in [2.05, 4.69) is 10.3 Å². The molecule has 0 spiro atoms. The third-order valence-electron chi connectivity index (χ3n) is 2.68. The summed E-state index contributed by atoms with van der Waals surface area (Å²) in [7, 11) is 3.52. The molecule has 0 aliphatic rings. The Labute approximate surface area is 106 Å². The zero-order valence-electron chi connectivity index (χ0n) is 10.4. The van der Waals surface area contributed by atoms with Gasteiger partial charge < -0.3 is 10.2 Å². The highest BCUT2D eigenvalue weighted by Crippen LogP contribution is 2.20. The predicted octanol–water partition coefficient (Wildman–Crippen LogP) is 2.21. The van der Waals surface area contributed by atoms with Gasteiger partial charge in [0.05, 0.1) is 0 Å². The maximum absolute atomic E-state index is 11.5. The number of hydrogen-bond donors (Lipinski definition) is 1. The highest BCUT2D eigenvalue weighted by atomic mass is 16.1. The molecule has 0 aliphatic heterocycles. The van der Waals surface area contributed by atoms with Crippen LogP contribution in [0, 0.1) is 0 Å². The quantitative estimate of drug-likeness (QED) is 0.896. The van der Waals surface area contributed by atoms with Crippen molar-refractivity contribution < 1.29 is 4.79 Å². The van der Waals surface area contributed by atoms with Crippen LogP contribution >= 0.6 is 0 Å². The van der Waals surface area contributed by atoms with Gasteiger partial charge in [-0.25, -0.2) is 4.98 Å². The van der Waals surface area contributed by atoms with E-state index >= 15 is 0 Å². The van der Waals surface area contributed by atoms with Crippen LogP contribution in [-0.4, -0.2) is 25.0 Å². The van der Waals surface area contributed by atoms with Gasteiger partial charge in [0.1, 0.15) is 11.5 Å². The smallest absolute Gasteiger partial charge is 0.269 e. The van der Waals surface area contributed by atoms with E-state index in [0.717, 1.165) is 11.5 Å². The molecule has 0 unspecified atom stereocenters. The summed E-state index contributed by atoms with van der Waals surface area (Å²) >= 11 is 0. The lowest BCUT2D eigenvalue weighted by molar-refractivity contribution is 0.0958. The Morgan fingerprint density at radius 3 is 2.50 bits per heavy atom. The van der Waals surface area contributed by atoms with Gasteiger partial charge in [0.15, 0.2) is 0 Å². The van der Waals surface area contributed by atoms with Crippen molar-refractivity contribution in [2.24, 2.45) is 0 Å². The Morgan fingerprint density at radius 1 is 1.11 bits per heavy atom. The lowest BCUT2D eigenvalue weighted by Crippen LogP contribution is -2.20. The number of pyridine rings is 1. The zero-order valence-corrected chi connectivity index (χ0v) is 10.4. The number of benzene rings is 1. The summed E-state index contributed by atoms with van der Waals surface area (Å²) in [6.45, 7) is 0. The van der Waals surface area contributed by atoms with E-state index in [9.17, 15) is 4.79 Å². The highest BCUT2D eigenvalue weighted by molar-refractivity contribution is 5.92. The molecule has 4 heteroatoms. The molecule has 92 valence electrons. The number of carbonyl (C=O) groups excluding carboxylic acids is 1. The lowest BCUT2D eigenvalue weighted by Gasteiger charge is -2.18. The zero-order chi connectivity index (χ0) is 13.0. The Morgan fingerprint density at radius 2 is 1.83 bits per heavy atom. The summed E-state index contributed by atoms with van der Waals surface area (Å²) in [6.07, 6.45) is 0. The molecule has 0 radical (unpaired) electrons. The standard InChI is InChI=1S/C14H15N3O/c1-15-14(18)12-9-6-10-13(16-12)17(2)11-7-4-3-5-8-11/h3-10H,1-2H3,(H,15,18). The topological polar surface area (TPSA) is 45.2 Å². The maximum atomic E-state index is 11.5. The first-order chi connectivity index (χ1) is 8.72. The van der Waals surface area contributed by atoms with Gasteiger partial charge in [-0.15, -0.1) is 0 Å². The molecule has 4 nitrogen and oxygen atoms in total. The number of hydrogen-bond acceptors (Lipinski definition) is 3. The summed E-state index contributed by atoms with van der Waals surface area (Å²) in [4.78, 5) is 17.8. The van der Waals surface area contributed by atoms with Crippen molar-refractivity contribution in [1.82, 2.24) is 10.3 Å². The molecule has 2 aromatic rings. The molecule has 0 fully saturated rings. The van der Waals surface area contributed by atoms with Crippen LogP contribution in [-0.2, 0) is 0 Å². The Bertz CT molecular complexity index is 540. The predicted molar refractivity (Wildman–Crippen MR) is 72.1 cm³/mol. The van der Waals surface area contributed by atoms with Gasteiger partial charge in [0, 0.05) is 19.8 Å². The van der Waals surface area contributed by atoms with Crippen molar-refractivity contribution in [1.29, 1.82) is 0 Å². The number of nitrogens with zero attached hydrogens (tertiary/aromatic N) is 2. The minimum atomic E-state index is -0.182. The Kier molecular flexibility index (Phi) is 3.57. The molecule has 1 heterocycles. The van der Waals surface area contributed by atoms with Gasteiger partial charge in [0.25, 0.3) is 5.91 Å². The van der Waals surface area contributed by atoms with E-state index in [1.807, 2.05) is 54.4 Å². The number of aromatic nitrogens is 1. The van der Waals surface area contributed by atoms with E-state index in [0.29, 0.717) is 5.69 Å². The minimum absolute atomic E-state index is 0.182. The van der Waals surface area contributed by atoms with Gasteiger partial charge in [-0.3, -0.25) is 4.79 Å². The van der Waals surface area contributed by atoms with Crippen LogP contribution in [0.2, 0.25) is 0 Å². The van der Waals surface area contributed by atoms with E-state index in [1.54, 1.807) is 13.1 Å². The first-order valence-corrected chi connectivity index (χ1v) is 5.70. The van der Waals surface area contributed by atoms with Crippen molar-refractivity contribution in [2.45, 2.75) is 0 Å². The number of rotatable bonds is 3. The fourth-order valence-corrected chi connectivity index (χ4v) is 1.65. The van der Waals surface area contributed by atoms with Crippen LogP contribution in [0.15, 0.2) is 48.5 Å². The molecule has 0 atom stereocenters. The largest absolute Gasteiger partial charge is 0.354 e. The minimum Gasteiger partial charge on any atom is -0.354 e. The first-order valence-electron chi connectivity index (χ1n) is 5.70. The Balaban J connectivity index is 2.31. The van der Waals surface area contributed by atoms with Crippen LogP contribution in [0.5, 0.6) is 0 Å². The van der Waals surface area contributed by atoms with Gasteiger partial charge in [-0.1, -0.05) is 24.3 Å². The molecule has 0 aliphatic carbocycles. The normalized spacial score (nSPS) is 9.89. The van der Waals surface area contributed by atoms with E-state index in [-0.39, 0.29) is 5.91 Å². The molecular weight excluding hydrogens is 226 g/mol. The van der Waals surface area contributed by atoms with Crippen LogP contribution in [0.1, 0.15) is 10.5 Å². The molecule has 1 aromatic carbocycles. The number of carbonyl (C=O) groups is 1. The SMILES string of the molecule is CNC(=O)c1cccc(N(C)c2ccccc2)n1. The van der Waals surface area contributed by atoms with Crippen LogP contribution in [0.4, 0.5) is 11.5 Å². The summed E-state index contributed by atoms with van der Waals surface area (Å²) in [6, 6.07) is 15.3.